The van der Waals surface area contributed by atoms with Gasteiger partial charge in [0, 0.05) is 24.0 Å². The van der Waals surface area contributed by atoms with Gasteiger partial charge in [-0.25, -0.2) is 0 Å². The minimum Gasteiger partial charge on any atom is -0.399 e. The number of thiophene rings is 1. The molecule has 3 aromatic rings. The third-order valence-electron chi connectivity index (χ3n) is 3.59. The molecule has 24 heavy (non-hydrogen) atoms. The number of rotatable bonds is 6. The van der Waals surface area contributed by atoms with Crippen LogP contribution in [-0.2, 0) is 6.54 Å². The fourth-order valence-corrected chi connectivity index (χ4v) is 2.94. The number of hydrogen-bond acceptors (Lipinski definition) is 4. The van der Waals surface area contributed by atoms with Gasteiger partial charge in [-0.1, -0.05) is 48.5 Å². The van der Waals surface area contributed by atoms with Crippen molar-refractivity contribution in [2.75, 3.05) is 5.73 Å². The molecule has 0 bridgehead atoms. The summed E-state index contributed by atoms with van der Waals surface area (Å²) in [5.74, 6) is 0.00802. The second kappa shape index (κ2) is 7.62. The minimum absolute atomic E-state index is 0.00802. The van der Waals surface area contributed by atoms with Gasteiger partial charge in [-0.15, -0.1) is 11.3 Å². The van der Waals surface area contributed by atoms with E-state index in [1.54, 1.807) is 6.08 Å². The lowest BCUT2D eigenvalue weighted by atomic mass is 10.1. The Labute approximate surface area is 145 Å². The van der Waals surface area contributed by atoms with Gasteiger partial charge in [0.05, 0.1) is 4.88 Å². The van der Waals surface area contributed by atoms with Gasteiger partial charge in [-0.05, 0) is 34.7 Å². The van der Waals surface area contributed by atoms with Crippen molar-refractivity contribution in [3.8, 4) is 0 Å². The monoisotopic (exact) mass is 334 g/mol. The molecule has 3 nitrogen and oxygen atoms in total. The summed E-state index contributed by atoms with van der Waals surface area (Å²) in [7, 11) is 0. The average molecular weight is 334 g/mol. The molecule has 120 valence electrons. The van der Waals surface area contributed by atoms with Crippen LogP contribution in [0.1, 0.15) is 20.8 Å². The van der Waals surface area contributed by atoms with E-state index < -0.39 is 0 Å². The Morgan fingerprint density at radius 2 is 1.75 bits per heavy atom. The summed E-state index contributed by atoms with van der Waals surface area (Å²) in [6, 6.07) is 21.3. The molecule has 0 atom stereocenters. The molecule has 0 aliphatic carbocycles. The summed E-state index contributed by atoms with van der Waals surface area (Å²) in [5, 5.41) is 5.28. The van der Waals surface area contributed by atoms with Crippen molar-refractivity contribution in [3.63, 3.8) is 0 Å². The fraction of sp³-hybridized carbons (Fsp3) is 0.0500. The van der Waals surface area contributed by atoms with Crippen LogP contribution >= 0.6 is 11.3 Å². The van der Waals surface area contributed by atoms with Crippen molar-refractivity contribution in [2.45, 2.75) is 6.54 Å². The lowest BCUT2D eigenvalue weighted by Crippen LogP contribution is -2.13. The topological polar surface area (TPSA) is 55.1 Å². The number of nitrogens with two attached hydrogens (primary N) is 1. The number of nitrogens with one attached hydrogen (secondary N) is 1. The molecule has 4 heteroatoms. The van der Waals surface area contributed by atoms with E-state index in [0.29, 0.717) is 6.54 Å². The molecule has 1 aromatic heterocycles. The molecule has 0 saturated carbocycles. The first-order chi connectivity index (χ1) is 11.7. The molecular formula is C20H18N2OS. The van der Waals surface area contributed by atoms with E-state index in [0.717, 1.165) is 27.4 Å². The first-order valence-electron chi connectivity index (χ1n) is 7.65. The van der Waals surface area contributed by atoms with Crippen LogP contribution in [0, 0.1) is 0 Å². The Kier molecular flexibility index (Phi) is 5.08. The van der Waals surface area contributed by atoms with Gasteiger partial charge in [0.15, 0.2) is 5.78 Å². The smallest absolute Gasteiger partial charge is 0.197 e. The maximum Gasteiger partial charge on any atom is 0.197 e. The molecule has 0 radical (unpaired) electrons. The summed E-state index contributed by atoms with van der Waals surface area (Å²) in [6.07, 6.45) is 1.67. The molecule has 0 aliphatic rings. The van der Waals surface area contributed by atoms with Crippen LogP contribution in [0.2, 0.25) is 0 Å². The molecule has 0 fully saturated rings. The molecule has 0 amide bonds. The van der Waals surface area contributed by atoms with E-state index in [2.05, 4.69) is 5.32 Å². The summed E-state index contributed by atoms with van der Waals surface area (Å²) < 4.78 is 0. The lowest BCUT2D eigenvalue weighted by molar-refractivity contribution is 0.105. The van der Waals surface area contributed by atoms with Gasteiger partial charge >= 0.3 is 0 Å². The molecule has 2 aromatic carbocycles. The number of anilines is 1. The van der Waals surface area contributed by atoms with E-state index in [-0.39, 0.29) is 5.78 Å². The second-order valence-electron chi connectivity index (χ2n) is 5.36. The zero-order chi connectivity index (χ0) is 16.8. The minimum atomic E-state index is 0.00802. The van der Waals surface area contributed by atoms with E-state index in [1.165, 1.54) is 11.3 Å². The Bertz CT molecular complexity index is 822. The highest BCUT2D eigenvalue weighted by Crippen LogP contribution is 2.16. The van der Waals surface area contributed by atoms with Crippen LogP contribution < -0.4 is 11.1 Å². The number of carbonyl (C=O) groups is 1. The Morgan fingerprint density at radius 1 is 1.00 bits per heavy atom. The van der Waals surface area contributed by atoms with Gasteiger partial charge in [-0.3, -0.25) is 4.79 Å². The molecule has 0 aliphatic heterocycles. The van der Waals surface area contributed by atoms with Gasteiger partial charge in [0.25, 0.3) is 0 Å². The molecule has 3 N–H and O–H groups in total. The van der Waals surface area contributed by atoms with Crippen molar-refractivity contribution < 1.29 is 4.79 Å². The number of benzene rings is 2. The van der Waals surface area contributed by atoms with Crippen LogP contribution in [-0.4, -0.2) is 5.78 Å². The van der Waals surface area contributed by atoms with Crippen molar-refractivity contribution in [1.82, 2.24) is 5.32 Å². The highest BCUT2D eigenvalue weighted by molar-refractivity contribution is 7.12. The quantitative estimate of drug-likeness (QED) is 0.400. The number of nitrogen functional groups attached to an aromatic ring is 1. The van der Waals surface area contributed by atoms with Crippen LogP contribution in [0.15, 0.2) is 78.2 Å². The molecule has 0 spiro atoms. The normalized spacial score (nSPS) is 11.2. The van der Waals surface area contributed by atoms with Gasteiger partial charge in [-0.2, -0.15) is 0 Å². The van der Waals surface area contributed by atoms with Crippen LogP contribution in [0.3, 0.4) is 0 Å². The van der Waals surface area contributed by atoms with E-state index in [9.17, 15) is 4.79 Å². The first-order valence-corrected chi connectivity index (χ1v) is 8.53. The average Bonchev–Trinajstić information content (AvgIpc) is 3.15. The molecule has 0 unspecified atom stereocenters. The zero-order valence-electron chi connectivity index (χ0n) is 13.1. The molecule has 0 saturated heterocycles. The Balaban J connectivity index is 1.82. The number of carbonyl (C=O) groups excluding carboxylic acids is 1. The second-order valence-corrected chi connectivity index (χ2v) is 6.31. The highest BCUT2D eigenvalue weighted by Gasteiger charge is 2.08. The van der Waals surface area contributed by atoms with E-state index in [1.807, 2.05) is 72.1 Å². The van der Waals surface area contributed by atoms with E-state index >= 15 is 0 Å². The largest absolute Gasteiger partial charge is 0.399 e. The highest BCUT2D eigenvalue weighted by atomic mass is 32.1. The van der Waals surface area contributed by atoms with Crippen LogP contribution in [0.5, 0.6) is 0 Å². The molecular weight excluding hydrogens is 316 g/mol. The predicted molar refractivity (Wildman–Crippen MR) is 101 cm³/mol. The summed E-state index contributed by atoms with van der Waals surface area (Å²) >= 11 is 1.45. The lowest BCUT2D eigenvalue weighted by Gasteiger charge is -2.12. The van der Waals surface area contributed by atoms with Crippen molar-refractivity contribution in [1.29, 1.82) is 0 Å². The maximum absolute atomic E-state index is 12.4. The molecule has 1 heterocycles. The Morgan fingerprint density at radius 3 is 2.42 bits per heavy atom. The third-order valence-corrected chi connectivity index (χ3v) is 4.47. The first kappa shape index (κ1) is 16.0. The maximum atomic E-state index is 12.4. The number of ketones is 1. The van der Waals surface area contributed by atoms with Crippen molar-refractivity contribution in [3.05, 3.63) is 94.2 Å². The summed E-state index contributed by atoms with van der Waals surface area (Å²) in [4.78, 5) is 13.2. The van der Waals surface area contributed by atoms with Crippen molar-refractivity contribution >= 4 is 28.5 Å². The Hall–Kier alpha value is -2.85. The predicted octanol–water partition coefficient (Wildman–Crippen LogP) is 4.34. The van der Waals surface area contributed by atoms with Gasteiger partial charge in [0.1, 0.15) is 0 Å². The number of allylic oxidation sites excluding steroid dienone is 1. The van der Waals surface area contributed by atoms with Crippen LogP contribution in [0.4, 0.5) is 5.69 Å². The third kappa shape index (κ3) is 4.12. The van der Waals surface area contributed by atoms with Crippen molar-refractivity contribution in [2.24, 2.45) is 0 Å². The van der Waals surface area contributed by atoms with E-state index in [4.69, 9.17) is 5.73 Å². The van der Waals surface area contributed by atoms with Gasteiger partial charge < -0.3 is 11.1 Å². The zero-order valence-corrected chi connectivity index (χ0v) is 13.9. The standard InChI is InChI=1S/C20H18N2OS/c21-17-10-8-15(9-11-17)14-22-18(16-5-2-1-3-6-16)13-19(23)20-7-4-12-24-20/h1-13,22H,14,21H2/b18-13-. The SMILES string of the molecule is Nc1ccc(CN/C(=C\C(=O)c2cccs2)c2ccccc2)cc1. The summed E-state index contributed by atoms with van der Waals surface area (Å²) in [6.45, 7) is 0.624. The van der Waals surface area contributed by atoms with Crippen LogP contribution in [0.25, 0.3) is 5.70 Å². The number of hydrogen-bond donors (Lipinski definition) is 2. The summed E-state index contributed by atoms with van der Waals surface area (Å²) in [5.41, 5.74) is 9.36. The fourth-order valence-electron chi connectivity index (χ4n) is 2.31. The van der Waals surface area contributed by atoms with Gasteiger partial charge in [0.2, 0.25) is 0 Å². The molecule has 3 rings (SSSR count).